The van der Waals surface area contributed by atoms with Gasteiger partial charge in [0.05, 0.1) is 17.8 Å². The van der Waals surface area contributed by atoms with Gasteiger partial charge in [-0.05, 0) is 13.8 Å². The van der Waals surface area contributed by atoms with Crippen LogP contribution < -0.4 is 0 Å². The fraction of sp³-hybridized carbons (Fsp3) is 0.455. The van der Waals surface area contributed by atoms with E-state index in [2.05, 4.69) is 5.10 Å². The minimum Gasteiger partial charge on any atom is -0.463 e. The summed E-state index contributed by atoms with van der Waals surface area (Å²) in [4.78, 5) is 11.8. The molecule has 0 atom stereocenters. The van der Waals surface area contributed by atoms with E-state index in [1.165, 1.54) is 30.9 Å². The van der Waals surface area contributed by atoms with Crippen LogP contribution in [0.5, 0.6) is 0 Å². The highest BCUT2D eigenvalue weighted by Gasteiger charge is 2.32. The summed E-state index contributed by atoms with van der Waals surface area (Å²) in [5, 5.41) is 4.20. The van der Waals surface area contributed by atoms with E-state index in [0.29, 0.717) is 5.02 Å². The monoisotopic (exact) mass is 296 g/mol. The molecule has 0 bridgehead atoms. The summed E-state index contributed by atoms with van der Waals surface area (Å²) in [6, 6.07) is 0. The fourth-order valence-electron chi connectivity index (χ4n) is 1.20. The molecule has 0 amide bonds. The molecule has 19 heavy (non-hydrogen) atoms. The van der Waals surface area contributed by atoms with Crippen molar-refractivity contribution in [2.45, 2.75) is 25.8 Å². The van der Waals surface area contributed by atoms with E-state index in [1.807, 2.05) is 0 Å². The minimum atomic E-state index is -2.41. The lowest BCUT2D eigenvalue weighted by atomic mass is 10.1. The standard InChI is InChI=1S/C11H12ClF3N2O2/c1-11(2,17-6-7(12)5-16-17)10(18)19-4-3-8(13)9(14)15/h5-6H,3-4H2,1-2H3. The SMILES string of the molecule is CC(C)(C(=O)OCCC(F)=C(F)F)n1cc(Cl)cn1. The first-order chi connectivity index (χ1) is 8.75. The summed E-state index contributed by atoms with van der Waals surface area (Å²) in [5.74, 6) is -2.31. The smallest absolute Gasteiger partial charge is 0.333 e. The van der Waals surface area contributed by atoms with E-state index in [0.717, 1.165) is 0 Å². The number of carbonyl (C=O) groups is 1. The summed E-state index contributed by atoms with van der Waals surface area (Å²) in [6.45, 7) is 2.56. The van der Waals surface area contributed by atoms with Gasteiger partial charge in [0.25, 0.3) is 0 Å². The zero-order valence-electron chi connectivity index (χ0n) is 10.3. The van der Waals surface area contributed by atoms with Crippen molar-refractivity contribution < 1.29 is 22.7 Å². The highest BCUT2D eigenvalue weighted by Crippen LogP contribution is 2.20. The topological polar surface area (TPSA) is 44.1 Å². The first kappa shape index (κ1) is 15.6. The normalized spacial score (nSPS) is 11.3. The predicted molar refractivity (Wildman–Crippen MR) is 62.5 cm³/mol. The molecule has 0 saturated heterocycles. The zero-order chi connectivity index (χ0) is 14.6. The maximum atomic E-state index is 12.5. The molecular formula is C11H12ClF3N2O2. The number of ether oxygens (including phenoxy) is 1. The van der Waals surface area contributed by atoms with Gasteiger partial charge in [-0.25, -0.2) is 9.18 Å². The molecule has 1 aromatic heterocycles. The Labute approximate surface area is 112 Å². The third-order valence-corrected chi connectivity index (χ3v) is 2.58. The number of rotatable bonds is 5. The van der Waals surface area contributed by atoms with Gasteiger partial charge in [-0.2, -0.15) is 13.9 Å². The highest BCUT2D eigenvalue weighted by atomic mass is 35.5. The Kier molecular flexibility index (Phi) is 4.99. The van der Waals surface area contributed by atoms with E-state index in [1.54, 1.807) is 0 Å². The summed E-state index contributed by atoms with van der Waals surface area (Å²) < 4.78 is 42.1. The van der Waals surface area contributed by atoms with E-state index in [9.17, 15) is 18.0 Å². The number of carbonyl (C=O) groups excluding carboxylic acids is 1. The lowest BCUT2D eigenvalue weighted by molar-refractivity contribution is -0.153. The third kappa shape index (κ3) is 3.99. The second-order valence-corrected chi connectivity index (χ2v) is 4.65. The number of nitrogens with zero attached hydrogens (tertiary/aromatic N) is 2. The quantitative estimate of drug-likeness (QED) is 0.783. The minimum absolute atomic E-state index is 0.342. The van der Waals surface area contributed by atoms with Gasteiger partial charge in [0.2, 0.25) is 0 Å². The molecule has 0 aromatic carbocycles. The molecule has 0 aliphatic carbocycles. The van der Waals surface area contributed by atoms with Crippen LogP contribution in [0, 0.1) is 0 Å². The molecule has 1 rings (SSSR count). The molecule has 1 aromatic rings. The Bertz CT molecular complexity index is 496. The summed E-state index contributed by atoms with van der Waals surface area (Å²) >= 11 is 5.68. The molecule has 4 nitrogen and oxygen atoms in total. The maximum Gasteiger partial charge on any atom is 0.333 e. The molecule has 0 fully saturated rings. The first-order valence-corrected chi connectivity index (χ1v) is 5.70. The Hall–Kier alpha value is -1.50. The van der Waals surface area contributed by atoms with Crippen LogP contribution in [0.1, 0.15) is 20.3 Å². The van der Waals surface area contributed by atoms with Crippen LogP contribution in [0.3, 0.4) is 0 Å². The lowest BCUT2D eigenvalue weighted by Crippen LogP contribution is -2.38. The van der Waals surface area contributed by atoms with Gasteiger partial charge in [-0.1, -0.05) is 11.6 Å². The van der Waals surface area contributed by atoms with Crippen molar-refractivity contribution in [1.29, 1.82) is 0 Å². The van der Waals surface area contributed by atoms with Crippen molar-refractivity contribution in [3.8, 4) is 0 Å². The van der Waals surface area contributed by atoms with Gasteiger partial charge in [0, 0.05) is 12.6 Å². The van der Waals surface area contributed by atoms with E-state index >= 15 is 0 Å². The molecule has 1 heterocycles. The van der Waals surface area contributed by atoms with Crippen LogP contribution in [-0.2, 0) is 15.1 Å². The Balaban J connectivity index is 2.60. The Morgan fingerprint density at radius 1 is 1.47 bits per heavy atom. The van der Waals surface area contributed by atoms with E-state index < -0.39 is 36.4 Å². The molecule has 0 spiro atoms. The number of aromatic nitrogens is 2. The molecule has 0 unspecified atom stereocenters. The molecule has 0 aliphatic heterocycles. The van der Waals surface area contributed by atoms with Crippen molar-refractivity contribution in [3.63, 3.8) is 0 Å². The highest BCUT2D eigenvalue weighted by molar-refractivity contribution is 6.30. The number of halogens is 4. The van der Waals surface area contributed by atoms with E-state index in [-0.39, 0.29) is 0 Å². The van der Waals surface area contributed by atoms with Gasteiger partial charge in [-0.15, -0.1) is 0 Å². The van der Waals surface area contributed by atoms with Crippen LogP contribution in [0.2, 0.25) is 5.02 Å². The summed E-state index contributed by atoms with van der Waals surface area (Å²) in [7, 11) is 0. The van der Waals surface area contributed by atoms with Gasteiger partial charge in [0.15, 0.2) is 11.4 Å². The van der Waals surface area contributed by atoms with E-state index in [4.69, 9.17) is 16.3 Å². The zero-order valence-corrected chi connectivity index (χ0v) is 11.0. The molecule has 0 N–H and O–H groups in total. The van der Waals surface area contributed by atoms with Crippen LogP contribution in [0.4, 0.5) is 13.2 Å². The first-order valence-electron chi connectivity index (χ1n) is 5.32. The summed E-state index contributed by atoms with van der Waals surface area (Å²) in [6.07, 6.45) is -0.305. The Morgan fingerprint density at radius 2 is 2.11 bits per heavy atom. The fourth-order valence-corrected chi connectivity index (χ4v) is 1.34. The Morgan fingerprint density at radius 3 is 2.58 bits per heavy atom. The lowest BCUT2D eigenvalue weighted by Gasteiger charge is -2.22. The average Bonchev–Trinajstić information content (AvgIpc) is 2.75. The summed E-state index contributed by atoms with van der Waals surface area (Å²) in [5.41, 5.74) is -1.17. The molecular weight excluding hydrogens is 285 g/mol. The number of esters is 1. The second kappa shape index (κ2) is 6.10. The van der Waals surface area contributed by atoms with Crippen molar-refractivity contribution >= 4 is 17.6 Å². The molecule has 106 valence electrons. The van der Waals surface area contributed by atoms with Crippen LogP contribution in [0.15, 0.2) is 24.3 Å². The largest absolute Gasteiger partial charge is 0.463 e. The van der Waals surface area contributed by atoms with Crippen LogP contribution in [0.25, 0.3) is 0 Å². The van der Waals surface area contributed by atoms with Gasteiger partial charge >= 0.3 is 12.0 Å². The van der Waals surface area contributed by atoms with Crippen molar-refractivity contribution in [1.82, 2.24) is 9.78 Å². The number of hydrogen-bond acceptors (Lipinski definition) is 3. The van der Waals surface area contributed by atoms with Crippen molar-refractivity contribution in [2.24, 2.45) is 0 Å². The van der Waals surface area contributed by atoms with Gasteiger partial charge in [-0.3, -0.25) is 4.68 Å². The second-order valence-electron chi connectivity index (χ2n) is 4.21. The molecule has 0 saturated carbocycles. The molecule has 0 radical (unpaired) electrons. The number of hydrogen-bond donors (Lipinski definition) is 0. The maximum absolute atomic E-state index is 12.5. The third-order valence-electron chi connectivity index (χ3n) is 2.38. The average molecular weight is 297 g/mol. The van der Waals surface area contributed by atoms with Crippen molar-refractivity contribution in [2.75, 3.05) is 6.61 Å². The van der Waals surface area contributed by atoms with Gasteiger partial charge < -0.3 is 4.74 Å². The molecule has 0 aliphatic rings. The molecule has 8 heteroatoms. The predicted octanol–water partition coefficient (Wildman–Crippen LogP) is 3.28. The van der Waals surface area contributed by atoms with Crippen molar-refractivity contribution in [3.05, 3.63) is 29.3 Å². The van der Waals surface area contributed by atoms with Crippen LogP contribution >= 0.6 is 11.6 Å². The van der Waals surface area contributed by atoms with Crippen LogP contribution in [-0.4, -0.2) is 22.4 Å². The van der Waals surface area contributed by atoms with Gasteiger partial charge in [0.1, 0.15) is 0 Å².